The molecule has 0 aromatic rings. The summed E-state index contributed by atoms with van der Waals surface area (Å²) in [5.41, 5.74) is 0. The van der Waals surface area contributed by atoms with Gasteiger partial charge >= 0.3 is 0 Å². The van der Waals surface area contributed by atoms with E-state index < -0.39 is 0 Å². The topological polar surface area (TPSA) is 53.1 Å². The van der Waals surface area contributed by atoms with Crippen LogP contribution in [0.4, 0.5) is 0 Å². The lowest BCUT2D eigenvalue weighted by Crippen LogP contribution is -2.49. The molecule has 1 saturated heterocycles. The molecule has 0 atom stereocenters. The maximum absolute atomic E-state index is 12.1. The Kier molecular flexibility index (Phi) is 7.54. The van der Waals surface area contributed by atoms with Crippen LogP contribution < -0.4 is 0 Å². The highest BCUT2D eigenvalue weighted by molar-refractivity contribution is 5.78. The van der Waals surface area contributed by atoms with E-state index >= 15 is 0 Å². The number of rotatable bonds is 7. The van der Waals surface area contributed by atoms with Gasteiger partial charge in [-0.1, -0.05) is 6.92 Å². The van der Waals surface area contributed by atoms with Crippen molar-refractivity contribution in [3.8, 4) is 0 Å². The summed E-state index contributed by atoms with van der Waals surface area (Å²) in [7, 11) is 1.61. The number of likely N-dealkylation sites (N-methyl/N-ethyl adjacent to an activating group) is 1. The molecule has 0 aromatic carbocycles. The van der Waals surface area contributed by atoms with Crippen LogP contribution in [0.5, 0.6) is 0 Å². The number of hydrogen-bond acceptors (Lipinski definition) is 4. The molecular formula is C14H27N3O3. The van der Waals surface area contributed by atoms with Crippen LogP contribution in [-0.4, -0.2) is 86.0 Å². The van der Waals surface area contributed by atoms with Gasteiger partial charge in [0.2, 0.25) is 11.8 Å². The zero-order chi connectivity index (χ0) is 15.0. The summed E-state index contributed by atoms with van der Waals surface area (Å²) in [6.07, 6.45) is 0.398. The van der Waals surface area contributed by atoms with Gasteiger partial charge < -0.3 is 19.4 Å². The number of ether oxygens (including phenoxy) is 1. The number of carbonyl (C=O) groups excluding carboxylic acids is 2. The molecule has 116 valence electrons. The smallest absolute Gasteiger partial charge is 0.224 e. The summed E-state index contributed by atoms with van der Waals surface area (Å²) in [5, 5.41) is 0. The first-order valence-electron chi connectivity index (χ1n) is 7.33. The zero-order valence-electron chi connectivity index (χ0n) is 12.9. The highest BCUT2D eigenvalue weighted by Gasteiger charge is 2.20. The van der Waals surface area contributed by atoms with Crippen molar-refractivity contribution in [1.82, 2.24) is 14.7 Å². The summed E-state index contributed by atoms with van der Waals surface area (Å²) >= 11 is 0. The Bertz CT molecular complexity index is 315. The van der Waals surface area contributed by atoms with Crippen molar-refractivity contribution in [3.05, 3.63) is 0 Å². The molecule has 0 saturated carbocycles. The van der Waals surface area contributed by atoms with E-state index in [0.717, 1.165) is 32.7 Å². The standard InChI is InChI=1S/C14H27N3O3/c1-4-15-7-9-17(10-8-15)14(19)5-6-16(13(2)18)11-12-20-3/h4-12H2,1-3H3. The third-order valence-corrected chi connectivity index (χ3v) is 3.78. The van der Waals surface area contributed by atoms with Gasteiger partial charge in [-0.15, -0.1) is 0 Å². The Morgan fingerprint density at radius 1 is 1.15 bits per heavy atom. The summed E-state index contributed by atoms with van der Waals surface area (Å²) in [4.78, 5) is 29.5. The lowest BCUT2D eigenvalue weighted by atomic mass is 10.2. The van der Waals surface area contributed by atoms with E-state index in [-0.39, 0.29) is 11.8 Å². The minimum Gasteiger partial charge on any atom is -0.383 e. The first kappa shape index (κ1) is 16.9. The Morgan fingerprint density at radius 3 is 2.30 bits per heavy atom. The predicted octanol–water partition coefficient (Wildman–Crippen LogP) is 0.0355. The molecule has 20 heavy (non-hydrogen) atoms. The quantitative estimate of drug-likeness (QED) is 0.662. The second-order valence-corrected chi connectivity index (χ2v) is 5.06. The number of carbonyl (C=O) groups is 2. The average molecular weight is 285 g/mol. The SMILES string of the molecule is CCN1CCN(C(=O)CCN(CCOC)C(C)=O)CC1. The van der Waals surface area contributed by atoms with Gasteiger partial charge in [-0.3, -0.25) is 9.59 Å². The largest absolute Gasteiger partial charge is 0.383 e. The van der Waals surface area contributed by atoms with Gasteiger partial charge in [-0.05, 0) is 6.54 Å². The number of amides is 2. The van der Waals surface area contributed by atoms with Crippen molar-refractivity contribution in [1.29, 1.82) is 0 Å². The molecular weight excluding hydrogens is 258 g/mol. The molecule has 6 nitrogen and oxygen atoms in total. The van der Waals surface area contributed by atoms with Crippen molar-refractivity contribution in [3.63, 3.8) is 0 Å². The van der Waals surface area contributed by atoms with E-state index in [4.69, 9.17) is 4.74 Å². The van der Waals surface area contributed by atoms with Crippen LogP contribution >= 0.6 is 0 Å². The van der Waals surface area contributed by atoms with Crippen LogP contribution in [0.2, 0.25) is 0 Å². The molecule has 1 aliphatic heterocycles. The van der Waals surface area contributed by atoms with Crippen molar-refractivity contribution >= 4 is 11.8 Å². The molecule has 1 rings (SSSR count). The molecule has 0 bridgehead atoms. The van der Waals surface area contributed by atoms with Crippen molar-refractivity contribution in [2.24, 2.45) is 0 Å². The monoisotopic (exact) mass is 285 g/mol. The second-order valence-electron chi connectivity index (χ2n) is 5.06. The van der Waals surface area contributed by atoms with Crippen LogP contribution in [0.1, 0.15) is 20.3 Å². The highest BCUT2D eigenvalue weighted by Crippen LogP contribution is 2.04. The first-order valence-corrected chi connectivity index (χ1v) is 7.33. The zero-order valence-corrected chi connectivity index (χ0v) is 12.9. The molecule has 1 aliphatic rings. The number of methoxy groups -OCH3 is 1. The van der Waals surface area contributed by atoms with E-state index in [1.54, 1.807) is 12.0 Å². The molecule has 0 unspecified atom stereocenters. The normalized spacial score (nSPS) is 16.2. The van der Waals surface area contributed by atoms with E-state index in [9.17, 15) is 9.59 Å². The molecule has 1 fully saturated rings. The molecule has 0 spiro atoms. The fraction of sp³-hybridized carbons (Fsp3) is 0.857. The van der Waals surface area contributed by atoms with Crippen LogP contribution in [0.25, 0.3) is 0 Å². The van der Waals surface area contributed by atoms with Crippen molar-refractivity contribution in [2.75, 3.05) is 59.5 Å². The molecule has 0 radical (unpaired) electrons. The fourth-order valence-corrected chi connectivity index (χ4v) is 2.33. The van der Waals surface area contributed by atoms with Gasteiger partial charge in [0.1, 0.15) is 0 Å². The molecule has 0 N–H and O–H groups in total. The predicted molar refractivity (Wildman–Crippen MR) is 77.4 cm³/mol. The molecule has 2 amide bonds. The maximum atomic E-state index is 12.1. The molecule has 6 heteroatoms. The van der Waals surface area contributed by atoms with Crippen molar-refractivity contribution in [2.45, 2.75) is 20.3 Å². The Morgan fingerprint density at radius 2 is 1.80 bits per heavy atom. The number of nitrogens with zero attached hydrogens (tertiary/aromatic N) is 3. The molecule has 0 aliphatic carbocycles. The van der Waals surface area contributed by atoms with Crippen molar-refractivity contribution < 1.29 is 14.3 Å². The lowest BCUT2D eigenvalue weighted by molar-refractivity contribution is -0.135. The summed E-state index contributed by atoms with van der Waals surface area (Å²) in [5.74, 6) is 0.134. The average Bonchev–Trinajstić information content (AvgIpc) is 2.46. The van der Waals surface area contributed by atoms with Gasteiger partial charge in [0.25, 0.3) is 0 Å². The highest BCUT2D eigenvalue weighted by atomic mass is 16.5. The third-order valence-electron chi connectivity index (χ3n) is 3.78. The minimum absolute atomic E-state index is 0.00866. The number of piperazine rings is 1. The van der Waals surface area contributed by atoms with E-state index in [0.29, 0.717) is 26.1 Å². The Labute approximate surface area is 121 Å². The van der Waals surface area contributed by atoms with E-state index in [1.165, 1.54) is 6.92 Å². The Balaban J connectivity index is 2.32. The molecule has 1 heterocycles. The maximum Gasteiger partial charge on any atom is 0.224 e. The summed E-state index contributed by atoms with van der Waals surface area (Å²) < 4.78 is 4.98. The van der Waals surface area contributed by atoms with Crippen LogP contribution in [0, 0.1) is 0 Å². The van der Waals surface area contributed by atoms with E-state index in [2.05, 4.69) is 11.8 Å². The first-order chi connectivity index (χ1) is 9.58. The number of hydrogen-bond donors (Lipinski definition) is 0. The Hall–Kier alpha value is -1.14. The van der Waals surface area contributed by atoms with E-state index in [1.807, 2.05) is 4.90 Å². The van der Waals surface area contributed by atoms with Gasteiger partial charge in [0, 0.05) is 59.7 Å². The van der Waals surface area contributed by atoms with Gasteiger partial charge in [0.15, 0.2) is 0 Å². The van der Waals surface area contributed by atoms with Crippen LogP contribution in [-0.2, 0) is 14.3 Å². The van der Waals surface area contributed by atoms with Gasteiger partial charge in [-0.25, -0.2) is 0 Å². The second kappa shape index (κ2) is 8.92. The van der Waals surface area contributed by atoms with Crippen LogP contribution in [0.15, 0.2) is 0 Å². The lowest BCUT2D eigenvalue weighted by Gasteiger charge is -2.34. The minimum atomic E-state index is -0.00866. The summed E-state index contributed by atoms with van der Waals surface area (Å²) in [6.45, 7) is 9.72. The van der Waals surface area contributed by atoms with Crippen LogP contribution in [0.3, 0.4) is 0 Å². The summed E-state index contributed by atoms with van der Waals surface area (Å²) in [6, 6.07) is 0. The molecule has 0 aromatic heterocycles. The van der Waals surface area contributed by atoms with Gasteiger partial charge in [0.05, 0.1) is 6.61 Å². The third kappa shape index (κ3) is 5.46. The fourth-order valence-electron chi connectivity index (χ4n) is 2.33. The van der Waals surface area contributed by atoms with Gasteiger partial charge in [-0.2, -0.15) is 0 Å².